The first-order valence-electron chi connectivity index (χ1n) is 5.49. The highest BCUT2D eigenvalue weighted by Crippen LogP contribution is 2.25. The summed E-state index contributed by atoms with van der Waals surface area (Å²) in [6.07, 6.45) is 5.67. The van der Waals surface area contributed by atoms with Crippen LogP contribution in [0.1, 0.15) is 52.9 Å². The van der Waals surface area contributed by atoms with E-state index in [9.17, 15) is 0 Å². The van der Waals surface area contributed by atoms with Crippen LogP contribution in [-0.4, -0.2) is 18.5 Å². The second-order valence-electron chi connectivity index (χ2n) is 4.07. The quantitative estimate of drug-likeness (QED) is 0.671. The summed E-state index contributed by atoms with van der Waals surface area (Å²) in [5, 5.41) is 0. The number of hydrogen-bond acceptors (Lipinski definition) is 2. The molecule has 1 rings (SSSR count). The molecular weight excluding hydrogens is 164 g/mol. The molecule has 0 aromatic heterocycles. The van der Waals surface area contributed by atoms with Crippen molar-refractivity contribution in [2.24, 2.45) is 0 Å². The normalized spacial score (nSPS) is 24.7. The molecule has 1 heterocycles. The Morgan fingerprint density at radius 2 is 2.00 bits per heavy atom. The van der Waals surface area contributed by atoms with Gasteiger partial charge in [0.15, 0.2) is 6.29 Å². The van der Waals surface area contributed by atoms with Gasteiger partial charge in [-0.15, -0.1) is 0 Å². The molecule has 1 fully saturated rings. The van der Waals surface area contributed by atoms with Gasteiger partial charge in [-0.1, -0.05) is 13.8 Å². The highest BCUT2D eigenvalue weighted by molar-refractivity contribution is 4.72. The minimum atomic E-state index is 0.0159. The van der Waals surface area contributed by atoms with Crippen molar-refractivity contribution >= 4 is 0 Å². The summed E-state index contributed by atoms with van der Waals surface area (Å²) < 4.78 is 11.5. The van der Waals surface area contributed by atoms with Crippen LogP contribution in [0.15, 0.2) is 0 Å². The van der Waals surface area contributed by atoms with Crippen LogP contribution in [0.5, 0.6) is 0 Å². The Balaban J connectivity index is 2.35. The average Bonchev–Trinajstić information content (AvgIpc) is 2.19. The van der Waals surface area contributed by atoms with Crippen molar-refractivity contribution in [3.8, 4) is 0 Å². The first-order valence-corrected chi connectivity index (χ1v) is 5.49. The van der Waals surface area contributed by atoms with Crippen molar-refractivity contribution in [3.63, 3.8) is 0 Å². The van der Waals surface area contributed by atoms with Crippen molar-refractivity contribution in [1.82, 2.24) is 0 Å². The van der Waals surface area contributed by atoms with Gasteiger partial charge in [-0.05, 0) is 39.0 Å². The van der Waals surface area contributed by atoms with Gasteiger partial charge < -0.3 is 9.47 Å². The van der Waals surface area contributed by atoms with E-state index in [0.717, 1.165) is 25.9 Å². The minimum absolute atomic E-state index is 0.0159. The standard InChI is InChI=1S/C11H22O2/c1-4-11(3,5-2)13-10-8-6-7-9-12-10/h10H,4-9H2,1-3H3. The molecule has 1 saturated heterocycles. The van der Waals surface area contributed by atoms with Gasteiger partial charge in [-0.3, -0.25) is 0 Å². The number of rotatable bonds is 4. The number of ether oxygens (including phenoxy) is 2. The van der Waals surface area contributed by atoms with Gasteiger partial charge >= 0.3 is 0 Å². The largest absolute Gasteiger partial charge is 0.353 e. The zero-order valence-electron chi connectivity index (χ0n) is 9.14. The minimum Gasteiger partial charge on any atom is -0.353 e. The molecule has 0 amide bonds. The zero-order valence-corrected chi connectivity index (χ0v) is 9.14. The van der Waals surface area contributed by atoms with E-state index in [0.29, 0.717) is 0 Å². The fraction of sp³-hybridized carbons (Fsp3) is 1.00. The van der Waals surface area contributed by atoms with Gasteiger partial charge in [-0.2, -0.15) is 0 Å². The lowest BCUT2D eigenvalue weighted by atomic mass is 10.00. The maximum absolute atomic E-state index is 5.96. The van der Waals surface area contributed by atoms with E-state index in [-0.39, 0.29) is 11.9 Å². The molecule has 2 heteroatoms. The third kappa shape index (κ3) is 3.28. The molecule has 0 aromatic rings. The molecule has 0 N–H and O–H groups in total. The summed E-state index contributed by atoms with van der Waals surface area (Å²) in [5.74, 6) is 0. The molecule has 1 aliphatic heterocycles. The van der Waals surface area contributed by atoms with Gasteiger partial charge in [0.05, 0.1) is 5.60 Å². The molecule has 78 valence electrons. The van der Waals surface area contributed by atoms with Crippen molar-refractivity contribution in [2.45, 2.75) is 64.8 Å². The summed E-state index contributed by atoms with van der Waals surface area (Å²) >= 11 is 0. The molecule has 0 bridgehead atoms. The molecule has 0 saturated carbocycles. The molecule has 13 heavy (non-hydrogen) atoms. The Morgan fingerprint density at radius 3 is 2.46 bits per heavy atom. The van der Waals surface area contributed by atoms with E-state index in [4.69, 9.17) is 9.47 Å². The van der Waals surface area contributed by atoms with E-state index in [1.165, 1.54) is 12.8 Å². The maximum Gasteiger partial charge on any atom is 0.158 e. The molecule has 1 unspecified atom stereocenters. The van der Waals surface area contributed by atoms with Crippen LogP contribution in [0.2, 0.25) is 0 Å². The van der Waals surface area contributed by atoms with Gasteiger partial charge in [0.1, 0.15) is 0 Å². The van der Waals surface area contributed by atoms with E-state index in [2.05, 4.69) is 20.8 Å². The van der Waals surface area contributed by atoms with Gasteiger partial charge in [-0.25, -0.2) is 0 Å². The van der Waals surface area contributed by atoms with Crippen LogP contribution in [0, 0.1) is 0 Å². The molecule has 1 aliphatic rings. The Hall–Kier alpha value is -0.0800. The summed E-state index contributed by atoms with van der Waals surface area (Å²) in [5.41, 5.74) is 0.0159. The van der Waals surface area contributed by atoms with Crippen LogP contribution in [0.4, 0.5) is 0 Å². The Bertz CT molecular complexity index is 135. The molecule has 0 aromatic carbocycles. The maximum atomic E-state index is 5.96. The lowest BCUT2D eigenvalue weighted by molar-refractivity contribution is -0.221. The fourth-order valence-electron chi connectivity index (χ4n) is 1.54. The third-order valence-electron chi connectivity index (χ3n) is 3.05. The first kappa shape index (κ1) is 11.0. The monoisotopic (exact) mass is 186 g/mol. The molecule has 0 aliphatic carbocycles. The van der Waals surface area contributed by atoms with Gasteiger partial charge in [0.25, 0.3) is 0 Å². The SMILES string of the molecule is CCC(C)(CC)OC1CCCCO1. The highest BCUT2D eigenvalue weighted by Gasteiger charge is 2.26. The summed E-state index contributed by atoms with van der Waals surface area (Å²) in [4.78, 5) is 0. The van der Waals surface area contributed by atoms with Crippen LogP contribution in [0.3, 0.4) is 0 Å². The summed E-state index contributed by atoms with van der Waals surface area (Å²) in [6.45, 7) is 7.39. The van der Waals surface area contributed by atoms with Crippen LogP contribution in [-0.2, 0) is 9.47 Å². The second-order valence-corrected chi connectivity index (χ2v) is 4.07. The van der Waals surface area contributed by atoms with E-state index >= 15 is 0 Å². The predicted molar refractivity (Wildman–Crippen MR) is 53.7 cm³/mol. The zero-order chi connectivity index (χ0) is 9.73. The van der Waals surface area contributed by atoms with Crippen molar-refractivity contribution in [1.29, 1.82) is 0 Å². The lowest BCUT2D eigenvalue weighted by Gasteiger charge is -2.34. The third-order valence-corrected chi connectivity index (χ3v) is 3.05. The summed E-state index contributed by atoms with van der Waals surface area (Å²) in [7, 11) is 0. The van der Waals surface area contributed by atoms with Crippen LogP contribution in [0.25, 0.3) is 0 Å². The Kier molecular flexibility index (Phi) is 4.20. The lowest BCUT2D eigenvalue weighted by Crippen LogP contribution is -2.35. The predicted octanol–water partition coefficient (Wildman–Crippen LogP) is 3.11. The Morgan fingerprint density at radius 1 is 1.31 bits per heavy atom. The van der Waals surface area contributed by atoms with Crippen LogP contribution < -0.4 is 0 Å². The topological polar surface area (TPSA) is 18.5 Å². The smallest absolute Gasteiger partial charge is 0.158 e. The van der Waals surface area contributed by atoms with E-state index in [1.54, 1.807) is 0 Å². The molecule has 2 nitrogen and oxygen atoms in total. The van der Waals surface area contributed by atoms with E-state index < -0.39 is 0 Å². The molecule has 0 radical (unpaired) electrons. The Labute approximate surface area is 81.6 Å². The van der Waals surface area contributed by atoms with Gasteiger partial charge in [0, 0.05) is 6.61 Å². The average molecular weight is 186 g/mol. The number of hydrogen-bond donors (Lipinski definition) is 0. The van der Waals surface area contributed by atoms with Crippen molar-refractivity contribution < 1.29 is 9.47 Å². The van der Waals surface area contributed by atoms with Crippen molar-refractivity contribution in [2.75, 3.05) is 6.61 Å². The summed E-state index contributed by atoms with van der Waals surface area (Å²) in [6, 6.07) is 0. The fourth-order valence-corrected chi connectivity index (χ4v) is 1.54. The van der Waals surface area contributed by atoms with Crippen LogP contribution >= 0.6 is 0 Å². The molecule has 0 spiro atoms. The first-order chi connectivity index (χ1) is 6.20. The molecular formula is C11H22O2. The molecule has 1 atom stereocenters. The van der Waals surface area contributed by atoms with E-state index in [1.807, 2.05) is 0 Å². The highest BCUT2D eigenvalue weighted by atomic mass is 16.7. The van der Waals surface area contributed by atoms with Crippen molar-refractivity contribution in [3.05, 3.63) is 0 Å². The van der Waals surface area contributed by atoms with Gasteiger partial charge in [0.2, 0.25) is 0 Å². The second kappa shape index (κ2) is 4.97.